The lowest BCUT2D eigenvalue weighted by Crippen LogP contribution is -2.51. The molecule has 0 saturated carbocycles. The van der Waals surface area contributed by atoms with E-state index in [1.54, 1.807) is 25.9 Å². The van der Waals surface area contributed by atoms with Crippen LogP contribution in [0.4, 0.5) is 0 Å². The molecule has 0 saturated heterocycles. The van der Waals surface area contributed by atoms with E-state index in [0.29, 0.717) is 6.42 Å². The number of aliphatic hydroxyl groups excluding tert-OH is 2. The molecular formula is C11H18N2O4. The van der Waals surface area contributed by atoms with Crippen LogP contribution in [0.5, 0.6) is 0 Å². The fourth-order valence-electron chi connectivity index (χ4n) is 2.31. The maximum absolute atomic E-state index is 11.7. The fourth-order valence-corrected chi connectivity index (χ4v) is 2.31. The molecule has 17 heavy (non-hydrogen) atoms. The number of ketones is 1. The Hall–Kier alpha value is -1.40. The van der Waals surface area contributed by atoms with E-state index in [0.717, 1.165) is 0 Å². The van der Waals surface area contributed by atoms with E-state index in [2.05, 4.69) is 0 Å². The van der Waals surface area contributed by atoms with Gasteiger partial charge in [0.2, 0.25) is 5.78 Å². The van der Waals surface area contributed by atoms with Crippen LogP contribution in [0.1, 0.15) is 13.3 Å². The van der Waals surface area contributed by atoms with Gasteiger partial charge >= 0.3 is 0 Å². The summed E-state index contributed by atoms with van der Waals surface area (Å²) in [5.74, 6) is -2.59. The van der Waals surface area contributed by atoms with Gasteiger partial charge in [0, 0.05) is 5.92 Å². The average Bonchev–Trinajstić information content (AvgIpc) is 2.21. The highest BCUT2D eigenvalue weighted by Gasteiger charge is 2.44. The minimum atomic E-state index is -1.30. The minimum Gasteiger partial charge on any atom is -0.510 e. The first-order chi connectivity index (χ1) is 7.82. The molecule has 1 aliphatic carbocycles. The number of carbonyl (C=O) groups is 2. The first-order valence-corrected chi connectivity index (χ1v) is 5.44. The molecule has 3 atom stereocenters. The largest absolute Gasteiger partial charge is 0.510 e. The molecule has 1 aliphatic rings. The van der Waals surface area contributed by atoms with Crippen molar-refractivity contribution in [1.29, 1.82) is 0 Å². The van der Waals surface area contributed by atoms with Crippen molar-refractivity contribution in [2.75, 3.05) is 14.1 Å². The van der Waals surface area contributed by atoms with Crippen molar-refractivity contribution in [3.63, 3.8) is 0 Å². The molecule has 1 amide bonds. The Morgan fingerprint density at radius 3 is 2.35 bits per heavy atom. The number of nitrogens with two attached hydrogens (primary N) is 1. The van der Waals surface area contributed by atoms with Crippen LogP contribution in [0.3, 0.4) is 0 Å². The summed E-state index contributed by atoms with van der Waals surface area (Å²) in [6.07, 6.45) is -0.794. The molecule has 4 N–H and O–H groups in total. The van der Waals surface area contributed by atoms with Crippen molar-refractivity contribution in [3.05, 3.63) is 11.3 Å². The smallest absolute Gasteiger partial charge is 0.255 e. The monoisotopic (exact) mass is 242 g/mol. The molecule has 0 spiro atoms. The minimum absolute atomic E-state index is 0.343. The Bertz CT molecular complexity index is 376. The van der Waals surface area contributed by atoms with Gasteiger partial charge in [-0.05, 0) is 20.5 Å². The first-order valence-electron chi connectivity index (χ1n) is 5.44. The van der Waals surface area contributed by atoms with Gasteiger partial charge in [-0.15, -0.1) is 0 Å². The summed E-state index contributed by atoms with van der Waals surface area (Å²) in [6, 6.07) is -0.574. The molecule has 0 bridgehead atoms. The number of likely N-dealkylation sites (N-methyl/N-ethyl adjacent to an activating group) is 1. The zero-order chi connectivity index (χ0) is 13.3. The first kappa shape index (κ1) is 13.7. The number of Topliss-reactive ketones (excluding diaryl/α,β-unsaturated/α-hetero) is 1. The van der Waals surface area contributed by atoms with Crippen LogP contribution in [-0.4, -0.2) is 53.0 Å². The number of rotatable bonds is 3. The van der Waals surface area contributed by atoms with Crippen LogP contribution in [-0.2, 0) is 9.59 Å². The van der Waals surface area contributed by atoms with Crippen molar-refractivity contribution in [2.24, 2.45) is 11.7 Å². The van der Waals surface area contributed by atoms with Gasteiger partial charge < -0.3 is 15.9 Å². The molecule has 0 fully saturated rings. The summed E-state index contributed by atoms with van der Waals surface area (Å²) >= 11 is 0. The third-order valence-electron chi connectivity index (χ3n) is 3.14. The van der Waals surface area contributed by atoms with Gasteiger partial charge in [-0.2, -0.15) is 0 Å². The highest BCUT2D eigenvalue weighted by molar-refractivity contribution is 6.21. The Kier molecular flexibility index (Phi) is 3.90. The molecule has 0 aromatic rings. The molecule has 6 nitrogen and oxygen atoms in total. The molecule has 6 heteroatoms. The quantitative estimate of drug-likeness (QED) is 0.561. The number of carbonyl (C=O) groups excluding carboxylic acids is 2. The summed E-state index contributed by atoms with van der Waals surface area (Å²) in [4.78, 5) is 24.5. The van der Waals surface area contributed by atoms with E-state index in [4.69, 9.17) is 5.73 Å². The Balaban J connectivity index is 3.34. The maximum atomic E-state index is 11.7. The summed E-state index contributed by atoms with van der Waals surface area (Å²) in [5.41, 5.74) is 4.57. The molecule has 0 radical (unpaired) electrons. The zero-order valence-corrected chi connectivity index (χ0v) is 10.2. The third kappa shape index (κ3) is 2.18. The van der Waals surface area contributed by atoms with Crippen LogP contribution in [0.25, 0.3) is 0 Å². The Morgan fingerprint density at radius 1 is 1.47 bits per heavy atom. The lowest BCUT2D eigenvalue weighted by molar-refractivity contribution is -0.132. The maximum Gasteiger partial charge on any atom is 0.255 e. The molecule has 0 aliphatic heterocycles. The SMILES string of the molecule is CC[C@H]1[C@H](N(C)C)C(O)=C(C(N)=O)C(=O)[C@@H]1O. The topological polar surface area (TPSA) is 104 Å². The molecule has 0 aromatic carbocycles. The van der Waals surface area contributed by atoms with Crippen molar-refractivity contribution < 1.29 is 19.8 Å². The number of aliphatic hydroxyl groups is 2. The standard InChI is InChI=1S/C11H18N2O4/c1-4-5-7(13(2)3)9(15)6(11(12)17)10(16)8(5)14/h5,7-8,14-15H,4H2,1-3H3,(H2,12,17)/t5-,7-,8+/m0/s1. The highest BCUT2D eigenvalue weighted by Crippen LogP contribution is 2.31. The summed E-state index contributed by atoms with van der Waals surface area (Å²) in [7, 11) is 3.40. The average molecular weight is 242 g/mol. The van der Waals surface area contributed by atoms with Crippen molar-refractivity contribution in [1.82, 2.24) is 4.90 Å². The third-order valence-corrected chi connectivity index (χ3v) is 3.14. The van der Waals surface area contributed by atoms with E-state index in [1.807, 2.05) is 0 Å². The fraction of sp³-hybridized carbons (Fsp3) is 0.636. The molecule has 0 aromatic heterocycles. The van der Waals surface area contributed by atoms with Crippen LogP contribution >= 0.6 is 0 Å². The van der Waals surface area contributed by atoms with Gasteiger partial charge in [0.05, 0.1) is 6.04 Å². The Labute approximate surface area is 99.7 Å². The molecule has 0 heterocycles. The number of amides is 1. The van der Waals surface area contributed by atoms with E-state index >= 15 is 0 Å². The van der Waals surface area contributed by atoms with Crippen LogP contribution in [0.2, 0.25) is 0 Å². The van der Waals surface area contributed by atoms with Gasteiger partial charge in [-0.3, -0.25) is 14.5 Å². The predicted molar refractivity (Wildman–Crippen MR) is 61.1 cm³/mol. The van der Waals surface area contributed by atoms with E-state index in [1.165, 1.54) is 0 Å². The molecule has 0 unspecified atom stereocenters. The highest BCUT2D eigenvalue weighted by atomic mass is 16.3. The van der Waals surface area contributed by atoms with Gasteiger partial charge in [-0.1, -0.05) is 6.92 Å². The molecule has 96 valence electrons. The van der Waals surface area contributed by atoms with Gasteiger partial charge in [0.15, 0.2) is 0 Å². The summed E-state index contributed by atoms with van der Waals surface area (Å²) in [5, 5.41) is 19.8. The van der Waals surface area contributed by atoms with E-state index in [-0.39, 0.29) is 5.76 Å². The Morgan fingerprint density at radius 2 is 2.00 bits per heavy atom. The van der Waals surface area contributed by atoms with E-state index in [9.17, 15) is 19.8 Å². The second-order valence-corrected chi connectivity index (χ2v) is 4.41. The summed E-state index contributed by atoms with van der Waals surface area (Å²) in [6.45, 7) is 1.81. The van der Waals surface area contributed by atoms with Gasteiger partial charge in [0.25, 0.3) is 5.91 Å². The zero-order valence-electron chi connectivity index (χ0n) is 10.2. The predicted octanol–water partition coefficient (Wildman–Crippen LogP) is -0.816. The lowest BCUT2D eigenvalue weighted by atomic mass is 9.78. The number of primary amides is 1. The van der Waals surface area contributed by atoms with Gasteiger partial charge in [0.1, 0.15) is 17.4 Å². The van der Waals surface area contributed by atoms with Gasteiger partial charge in [-0.25, -0.2) is 0 Å². The number of nitrogens with zero attached hydrogens (tertiary/aromatic N) is 1. The number of hydrogen-bond acceptors (Lipinski definition) is 5. The van der Waals surface area contributed by atoms with Crippen LogP contribution in [0, 0.1) is 5.92 Å². The van der Waals surface area contributed by atoms with Crippen LogP contribution < -0.4 is 5.73 Å². The second kappa shape index (κ2) is 4.85. The summed E-state index contributed by atoms with van der Waals surface area (Å²) < 4.78 is 0. The number of hydrogen-bond donors (Lipinski definition) is 3. The normalized spacial score (nSPS) is 29.9. The van der Waals surface area contributed by atoms with Crippen LogP contribution in [0.15, 0.2) is 11.3 Å². The van der Waals surface area contributed by atoms with Crippen molar-refractivity contribution >= 4 is 11.7 Å². The van der Waals surface area contributed by atoms with E-state index < -0.39 is 35.3 Å². The molecular weight excluding hydrogens is 224 g/mol. The molecule has 1 rings (SSSR count). The van der Waals surface area contributed by atoms with Crippen molar-refractivity contribution in [2.45, 2.75) is 25.5 Å². The van der Waals surface area contributed by atoms with Crippen molar-refractivity contribution in [3.8, 4) is 0 Å². The second-order valence-electron chi connectivity index (χ2n) is 4.41. The lowest BCUT2D eigenvalue weighted by Gasteiger charge is -2.37.